The summed E-state index contributed by atoms with van der Waals surface area (Å²) in [6.07, 6.45) is 2.52. The topological polar surface area (TPSA) is 50.3 Å². The van der Waals surface area contributed by atoms with Gasteiger partial charge in [-0.25, -0.2) is 9.97 Å². The minimum Gasteiger partial charge on any atom is -0.490 e. The largest absolute Gasteiger partial charge is 0.490 e. The summed E-state index contributed by atoms with van der Waals surface area (Å²) < 4.78 is 5.47. The third-order valence-corrected chi connectivity index (χ3v) is 3.27. The van der Waals surface area contributed by atoms with E-state index in [1.165, 1.54) is 5.56 Å². The van der Waals surface area contributed by atoms with Gasteiger partial charge in [0.25, 0.3) is 0 Å². The van der Waals surface area contributed by atoms with Crippen molar-refractivity contribution in [2.75, 3.05) is 37.5 Å². The molecular formula is C16H22N4O. The summed E-state index contributed by atoms with van der Waals surface area (Å²) in [5, 5.41) is 3.19. The van der Waals surface area contributed by atoms with Gasteiger partial charge in [0.05, 0.1) is 7.11 Å². The van der Waals surface area contributed by atoms with Gasteiger partial charge in [-0.15, -0.1) is 0 Å². The molecule has 2 aromatic rings. The zero-order chi connectivity index (χ0) is 15.1. The Morgan fingerprint density at radius 1 is 1.19 bits per heavy atom. The minimum absolute atomic E-state index is 0.690. The Hall–Kier alpha value is -2.30. The average Bonchev–Trinajstić information content (AvgIpc) is 2.53. The van der Waals surface area contributed by atoms with Gasteiger partial charge in [-0.2, -0.15) is 0 Å². The minimum atomic E-state index is 0.690. The summed E-state index contributed by atoms with van der Waals surface area (Å²) in [4.78, 5) is 10.7. The van der Waals surface area contributed by atoms with E-state index in [0.717, 1.165) is 31.1 Å². The van der Waals surface area contributed by atoms with Gasteiger partial charge in [0, 0.05) is 20.1 Å². The molecule has 0 radical (unpaired) electrons. The number of likely N-dealkylation sites (N-methyl/N-ethyl adjacent to an activating group) is 1. The van der Waals surface area contributed by atoms with Gasteiger partial charge in [-0.1, -0.05) is 30.3 Å². The number of hydrogen-bond donors (Lipinski definition) is 1. The average molecular weight is 286 g/mol. The van der Waals surface area contributed by atoms with Crippen LogP contribution >= 0.6 is 0 Å². The van der Waals surface area contributed by atoms with E-state index in [-0.39, 0.29) is 0 Å². The summed E-state index contributed by atoms with van der Waals surface area (Å²) in [5.74, 6) is 2.23. The molecule has 1 N–H and O–H groups in total. The summed E-state index contributed by atoms with van der Waals surface area (Å²) >= 11 is 0. The molecule has 0 aliphatic carbocycles. The van der Waals surface area contributed by atoms with Crippen molar-refractivity contribution in [3.05, 3.63) is 42.2 Å². The normalized spacial score (nSPS) is 10.2. The number of ether oxygens (including phenoxy) is 1. The van der Waals surface area contributed by atoms with Crippen LogP contribution in [-0.4, -0.2) is 37.2 Å². The first-order chi connectivity index (χ1) is 10.3. The van der Waals surface area contributed by atoms with Crippen LogP contribution in [0.3, 0.4) is 0 Å². The second-order valence-corrected chi connectivity index (χ2v) is 4.77. The highest BCUT2D eigenvalue weighted by molar-refractivity contribution is 5.64. The zero-order valence-corrected chi connectivity index (χ0v) is 12.8. The maximum atomic E-state index is 5.47. The van der Waals surface area contributed by atoms with Crippen LogP contribution in [0, 0.1) is 0 Å². The number of nitrogens with one attached hydrogen (secondary N) is 1. The Morgan fingerprint density at radius 2 is 1.95 bits per heavy atom. The molecule has 112 valence electrons. The third kappa shape index (κ3) is 3.84. The molecule has 1 aromatic heterocycles. The lowest BCUT2D eigenvalue weighted by Crippen LogP contribution is -2.22. The molecule has 5 nitrogen and oxygen atoms in total. The van der Waals surface area contributed by atoms with E-state index in [0.29, 0.717) is 5.75 Å². The lowest BCUT2D eigenvalue weighted by molar-refractivity contribution is 0.413. The quantitative estimate of drug-likeness (QED) is 0.848. The summed E-state index contributed by atoms with van der Waals surface area (Å²) in [5.41, 5.74) is 1.31. The Bertz CT molecular complexity index is 559. The van der Waals surface area contributed by atoms with Crippen molar-refractivity contribution < 1.29 is 4.74 Å². The highest BCUT2D eigenvalue weighted by Crippen LogP contribution is 2.31. The molecule has 5 heteroatoms. The smallest absolute Gasteiger partial charge is 0.204 e. The van der Waals surface area contributed by atoms with E-state index in [2.05, 4.69) is 44.5 Å². The molecule has 0 saturated heterocycles. The van der Waals surface area contributed by atoms with Gasteiger partial charge < -0.3 is 15.0 Å². The number of anilines is 2. The Morgan fingerprint density at radius 3 is 2.62 bits per heavy atom. The van der Waals surface area contributed by atoms with Gasteiger partial charge >= 0.3 is 0 Å². The maximum absolute atomic E-state index is 5.47. The lowest BCUT2D eigenvalue weighted by Gasteiger charge is -2.21. The standard InChI is InChI=1S/C16H22N4O/c1-4-17-15-14(21-3)16(19-12-18-15)20(2)11-10-13-8-6-5-7-9-13/h5-9,12H,4,10-11H2,1-3H3,(H,17,18,19). The number of benzene rings is 1. The third-order valence-electron chi connectivity index (χ3n) is 3.27. The second kappa shape index (κ2) is 7.47. The Kier molecular flexibility index (Phi) is 5.37. The van der Waals surface area contributed by atoms with Gasteiger partial charge in [-0.05, 0) is 18.9 Å². The number of rotatable bonds is 7. The van der Waals surface area contributed by atoms with E-state index in [1.807, 2.05) is 20.0 Å². The first kappa shape index (κ1) is 15.1. The Labute approximate surface area is 126 Å². The number of methoxy groups -OCH3 is 1. The van der Waals surface area contributed by atoms with Crippen molar-refractivity contribution >= 4 is 11.6 Å². The fourth-order valence-electron chi connectivity index (χ4n) is 2.17. The van der Waals surface area contributed by atoms with Gasteiger partial charge in [-0.3, -0.25) is 0 Å². The molecule has 0 spiro atoms. The van der Waals surface area contributed by atoms with Gasteiger partial charge in [0.15, 0.2) is 11.6 Å². The molecule has 1 aromatic carbocycles. The molecule has 0 fully saturated rings. The predicted octanol–water partition coefficient (Wildman–Crippen LogP) is 2.60. The van der Waals surface area contributed by atoms with Crippen molar-refractivity contribution in [2.45, 2.75) is 13.3 Å². The molecular weight excluding hydrogens is 264 g/mol. The highest BCUT2D eigenvalue weighted by Gasteiger charge is 2.15. The van der Waals surface area contributed by atoms with Crippen LogP contribution < -0.4 is 15.0 Å². The Balaban J connectivity index is 2.11. The van der Waals surface area contributed by atoms with Crippen molar-refractivity contribution in [1.29, 1.82) is 0 Å². The van der Waals surface area contributed by atoms with Crippen molar-refractivity contribution in [3.8, 4) is 5.75 Å². The molecule has 0 aliphatic heterocycles. The van der Waals surface area contributed by atoms with Gasteiger partial charge in [0.1, 0.15) is 6.33 Å². The van der Waals surface area contributed by atoms with Crippen LogP contribution in [0.5, 0.6) is 5.75 Å². The second-order valence-electron chi connectivity index (χ2n) is 4.77. The monoisotopic (exact) mass is 286 g/mol. The fraction of sp³-hybridized carbons (Fsp3) is 0.375. The van der Waals surface area contributed by atoms with E-state index in [1.54, 1.807) is 13.4 Å². The number of aromatic nitrogens is 2. The van der Waals surface area contributed by atoms with E-state index in [9.17, 15) is 0 Å². The van der Waals surface area contributed by atoms with E-state index < -0.39 is 0 Å². The van der Waals surface area contributed by atoms with E-state index >= 15 is 0 Å². The van der Waals surface area contributed by atoms with Crippen LogP contribution in [0.4, 0.5) is 11.6 Å². The molecule has 0 unspecified atom stereocenters. The molecule has 0 bridgehead atoms. The number of hydrogen-bond acceptors (Lipinski definition) is 5. The molecule has 0 amide bonds. The molecule has 0 saturated carbocycles. The fourth-order valence-corrected chi connectivity index (χ4v) is 2.17. The predicted molar refractivity (Wildman–Crippen MR) is 86.2 cm³/mol. The molecule has 1 heterocycles. The van der Waals surface area contributed by atoms with Crippen molar-refractivity contribution in [2.24, 2.45) is 0 Å². The maximum Gasteiger partial charge on any atom is 0.204 e. The molecule has 2 rings (SSSR count). The van der Waals surface area contributed by atoms with Gasteiger partial charge in [0.2, 0.25) is 5.75 Å². The highest BCUT2D eigenvalue weighted by atomic mass is 16.5. The summed E-state index contributed by atoms with van der Waals surface area (Å²) in [6, 6.07) is 10.4. The first-order valence-electron chi connectivity index (χ1n) is 7.14. The molecule has 21 heavy (non-hydrogen) atoms. The van der Waals surface area contributed by atoms with Crippen molar-refractivity contribution in [1.82, 2.24) is 9.97 Å². The van der Waals surface area contributed by atoms with E-state index in [4.69, 9.17) is 4.74 Å². The van der Waals surface area contributed by atoms with Crippen LogP contribution in [-0.2, 0) is 6.42 Å². The molecule has 0 atom stereocenters. The summed E-state index contributed by atoms with van der Waals surface area (Å²) in [6.45, 7) is 3.68. The zero-order valence-electron chi connectivity index (χ0n) is 12.8. The van der Waals surface area contributed by atoms with Crippen LogP contribution in [0.1, 0.15) is 12.5 Å². The van der Waals surface area contributed by atoms with Crippen LogP contribution in [0.25, 0.3) is 0 Å². The first-order valence-corrected chi connectivity index (χ1v) is 7.14. The summed E-state index contributed by atoms with van der Waals surface area (Å²) in [7, 11) is 3.66. The van der Waals surface area contributed by atoms with Crippen molar-refractivity contribution in [3.63, 3.8) is 0 Å². The SMILES string of the molecule is CCNc1ncnc(N(C)CCc2ccccc2)c1OC. The number of nitrogens with zero attached hydrogens (tertiary/aromatic N) is 3. The lowest BCUT2D eigenvalue weighted by atomic mass is 10.1. The molecule has 0 aliphatic rings. The van der Waals surface area contributed by atoms with Crippen LogP contribution in [0.15, 0.2) is 36.7 Å². The van der Waals surface area contributed by atoms with Crippen LogP contribution in [0.2, 0.25) is 0 Å².